The van der Waals surface area contributed by atoms with Gasteiger partial charge < -0.3 is 5.11 Å². The molecular weight excluding hydrogens is 540 g/mol. The molecular formula is C24H37ClN4O6S2. The molecule has 13 heteroatoms. The van der Waals surface area contributed by atoms with Crippen molar-refractivity contribution >= 4 is 29.9 Å². The van der Waals surface area contributed by atoms with Gasteiger partial charge >= 0.3 is 0 Å². The van der Waals surface area contributed by atoms with Crippen molar-refractivity contribution in [2.24, 2.45) is 11.8 Å². The summed E-state index contributed by atoms with van der Waals surface area (Å²) in [6, 6.07) is 8.04. The number of likely N-dealkylation sites (tertiary alicyclic amines) is 2. The lowest BCUT2D eigenvalue weighted by Gasteiger charge is -2.15. The maximum atomic E-state index is 10.9. The lowest BCUT2D eigenvalue weighted by Crippen LogP contribution is -2.22. The first-order valence-corrected chi connectivity index (χ1v) is 16.5. The Bertz CT molecular complexity index is 1120. The van der Waals surface area contributed by atoms with E-state index in [1.165, 1.54) is 11.1 Å². The minimum Gasteiger partial charge on any atom is -0.396 e. The predicted molar refractivity (Wildman–Crippen MR) is 144 cm³/mol. The van der Waals surface area contributed by atoms with E-state index in [0.29, 0.717) is 25.0 Å². The minimum absolute atomic E-state index is 0.294. The largest absolute Gasteiger partial charge is 0.396 e. The Balaban J connectivity index is 0.000000225. The van der Waals surface area contributed by atoms with Crippen LogP contribution in [-0.2, 0) is 36.4 Å². The second-order valence-corrected chi connectivity index (χ2v) is 14.0. The van der Waals surface area contributed by atoms with Crippen LogP contribution in [0.2, 0.25) is 0 Å². The van der Waals surface area contributed by atoms with Gasteiger partial charge in [0.2, 0.25) is 9.05 Å². The molecule has 4 rings (SSSR count). The van der Waals surface area contributed by atoms with Gasteiger partial charge in [0.25, 0.3) is 10.1 Å². The van der Waals surface area contributed by atoms with Gasteiger partial charge in [0.05, 0.1) is 19.1 Å². The van der Waals surface area contributed by atoms with Gasteiger partial charge in [-0.3, -0.25) is 24.0 Å². The number of aliphatic hydroxyl groups excluding tert-OH is 1. The molecule has 2 aliphatic heterocycles. The average molecular weight is 577 g/mol. The van der Waals surface area contributed by atoms with Gasteiger partial charge in [-0.15, -0.1) is 0 Å². The monoisotopic (exact) mass is 576 g/mol. The van der Waals surface area contributed by atoms with Crippen LogP contribution in [0.25, 0.3) is 0 Å². The van der Waals surface area contributed by atoms with Gasteiger partial charge in [0.15, 0.2) is 0 Å². The Labute approximate surface area is 225 Å². The Kier molecular flexibility index (Phi) is 13.4. The van der Waals surface area contributed by atoms with Crippen molar-refractivity contribution in [3.05, 3.63) is 60.2 Å². The molecule has 208 valence electrons. The standard InChI is InChI=1S/C12H18N2O3S.C11H16N2O.CH3ClO2S/c1-18(15,16)17-10-12-4-6-14(9-12)8-11-3-2-5-13-7-11;14-9-11-3-5-13(8-11)7-10-2-1-4-12-6-10;1-5(2,3)4/h2-3,5,7,12H,4,6,8-10H2,1H3;1-2,4,6,11,14H,3,5,7-9H2;1H3/t12-;11-;/m11./s1. The molecule has 4 heterocycles. The van der Waals surface area contributed by atoms with Crippen molar-refractivity contribution in [1.29, 1.82) is 0 Å². The van der Waals surface area contributed by atoms with Gasteiger partial charge in [-0.25, -0.2) is 8.42 Å². The van der Waals surface area contributed by atoms with Gasteiger partial charge in [-0.2, -0.15) is 8.42 Å². The summed E-state index contributed by atoms with van der Waals surface area (Å²) in [7, 11) is -2.01. The lowest BCUT2D eigenvalue weighted by atomic mass is 10.1. The number of aromatic nitrogens is 2. The van der Waals surface area contributed by atoms with Crippen LogP contribution < -0.4 is 0 Å². The molecule has 0 spiro atoms. The van der Waals surface area contributed by atoms with Crippen molar-refractivity contribution in [1.82, 2.24) is 19.8 Å². The van der Waals surface area contributed by atoms with Crippen LogP contribution in [0.4, 0.5) is 0 Å². The molecule has 0 aromatic carbocycles. The predicted octanol–water partition coefficient (Wildman–Crippen LogP) is 1.96. The van der Waals surface area contributed by atoms with E-state index in [1.54, 1.807) is 12.4 Å². The maximum Gasteiger partial charge on any atom is 0.264 e. The molecule has 0 amide bonds. The van der Waals surface area contributed by atoms with Crippen molar-refractivity contribution in [2.75, 3.05) is 51.9 Å². The summed E-state index contributed by atoms with van der Waals surface area (Å²) in [5.41, 5.74) is 2.44. The summed E-state index contributed by atoms with van der Waals surface area (Å²) in [6.07, 6.45) is 11.4. The maximum absolute atomic E-state index is 10.9. The number of nitrogens with zero attached hydrogens (tertiary/aromatic N) is 4. The first kappa shape index (κ1) is 31.5. The number of hydrogen-bond donors (Lipinski definition) is 1. The highest BCUT2D eigenvalue weighted by atomic mass is 35.7. The van der Waals surface area contributed by atoms with E-state index in [4.69, 9.17) is 9.29 Å². The number of aliphatic hydroxyl groups is 1. The average Bonchev–Trinajstić information content (AvgIpc) is 3.47. The molecule has 2 atom stereocenters. The molecule has 2 aliphatic rings. The van der Waals surface area contributed by atoms with Gasteiger partial charge in [-0.05, 0) is 61.0 Å². The zero-order chi connectivity index (χ0) is 27.3. The smallest absolute Gasteiger partial charge is 0.264 e. The van der Waals surface area contributed by atoms with E-state index < -0.39 is 19.2 Å². The van der Waals surface area contributed by atoms with Gasteiger partial charge in [0.1, 0.15) is 0 Å². The van der Waals surface area contributed by atoms with E-state index in [9.17, 15) is 16.8 Å². The third-order valence-electron chi connectivity index (χ3n) is 5.77. The third kappa shape index (κ3) is 15.4. The molecule has 0 aliphatic carbocycles. The van der Waals surface area contributed by atoms with E-state index in [1.807, 2.05) is 30.6 Å². The lowest BCUT2D eigenvalue weighted by molar-refractivity contribution is 0.220. The SMILES string of the molecule is CS(=O)(=O)Cl.CS(=O)(=O)OC[C@@H]1CCN(Cc2cccnc2)C1.OC[C@@H]1CCN(Cc2cccnc2)C1. The van der Waals surface area contributed by atoms with Crippen molar-refractivity contribution in [3.63, 3.8) is 0 Å². The normalized spacial score (nSPS) is 20.5. The van der Waals surface area contributed by atoms with E-state index >= 15 is 0 Å². The zero-order valence-corrected chi connectivity index (χ0v) is 23.7. The Hall–Kier alpha value is -1.67. The highest BCUT2D eigenvalue weighted by molar-refractivity contribution is 8.13. The summed E-state index contributed by atoms with van der Waals surface area (Å²) in [4.78, 5) is 12.8. The molecule has 0 radical (unpaired) electrons. The van der Waals surface area contributed by atoms with Crippen molar-refractivity contribution < 1.29 is 26.1 Å². The number of hydrogen-bond acceptors (Lipinski definition) is 10. The fourth-order valence-electron chi connectivity index (χ4n) is 4.12. The molecule has 0 saturated carbocycles. The van der Waals surface area contributed by atoms with E-state index in [-0.39, 0.29) is 0 Å². The van der Waals surface area contributed by atoms with Crippen LogP contribution in [0.3, 0.4) is 0 Å². The van der Waals surface area contributed by atoms with Crippen molar-refractivity contribution in [2.45, 2.75) is 25.9 Å². The van der Waals surface area contributed by atoms with Crippen LogP contribution in [0.5, 0.6) is 0 Å². The summed E-state index contributed by atoms with van der Waals surface area (Å²) >= 11 is 0. The molecule has 2 aromatic rings. The minimum atomic E-state index is -3.32. The number of pyridine rings is 2. The Morgan fingerprint density at radius 1 is 0.919 bits per heavy atom. The second kappa shape index (κ2) is 15.7. The molecule has 0 unspecified atom stereocenters. The van der Waals surface area contributed by atoms with Crippen molar-refractivity contribution in [3.8, 4) is 0 Å². The van der Waals surface area contributed by atoms with Crippen LogP contribution in [0.1, 0.15) is 24.0 Å². The van der Waals surface area contributed by atoms with Gasteiger partial charge in [-0.1, -0.05) is 12.1 Å². The van der Waals surface area contributed by atoms with Crippen LogP contribution in [0, 0.1) is 11.8 Å². The number of rotatable bonds is 8. The fourth-order valence-corrected chi connectivity index (χ4v) is 4.56. The topological polar surface area (TPSA) is 130 Å². The fraction of sp³-hybridized carbons (Fsp3) is 0.583. The first-order valence-electron chi connectivity index (χ1n) is 12.0. The van der Waals surface area contributed by atoms with Crippen LogP contribution >= 0.6 is 10.7 Å². The van der Waals surface area contributed by atoms with Gasteiger partial charge in [0, 0.05) is 68.3 Å². The zero-order valence-electron chi connectivity index (χ0n) is 21.3. The number of halogens is 1. The van der Waals surface area contributed by atoms with E-state index in [2.05, 4.69) is 36.5 Å². The highest BCUT2D eigenvalue weighted by Gasteiger charge is 2.24. The summed E-state index contributed by atoms with van der Waals surface area (Å²) in [5.74, 6) is 0.781. The molecule has 37 heavy (non-hydrogen) atoms. The third-order valence-corrected chi connectivity index (χ3v) is 6.34. The molecule has 1 N–H and O–H groups in total. The molecule has 10 nitrogen and oxygen atoms in total. The molecule has 2 aromatic heterocycles. The summed E-state index contributed by atoms with van der Waals surface area (Å²) in [6.45, 7) is 6.42. The Morgan fingerprint density at radius 2 is 1.38 bits per heavy atom. The molecule has 2 fully saturated rings. The van der Waals surface area contributed by atoms with Crippen LogP contribution in [-0.4, -0.2) is 93.6 Å². The van der Waals surface area contributed by atoms with Crippen LogP contribution in [0.15, 0.2) is 49.1 Å². The summed E-state index contributed by atoms with van der Waals surface area (Å²) < 4.78 is 45.5. The molecule has 0 bridgehead atoms. The first-order chi connectivity index (χ1) is 17.4. The van der Waals surface area contributed by atoms with E-state index in [0.717, 1.165) is 64.6 Å². The quantitative estimate of drug-likeness (QED) is 0.367. The summed E-state index contributed by atoms with van der Waals surface area (Å²) in [5, 5.41) is 9.01. The molecule has 2 saturated heterocycles. The second-order valence-electron chi connectivity index (χ2n) is 9.36. The Morgan fingerprint density at radius 3 is 1.76 bits per heavy atom. The highest BCUT2D eigenvalue weighted by Crippen LogP contribution is 2.19.